The molecule has 9 heteroatoms. The summed E-state index contributed by atoms with van der Waals surface area (Å²) in [5.41, 5.74) is 1.02. The van der Waals surface area contributed by atoms with Crippen LogP contribution in [-0.2, 0) is 16.1 Å². The molecule has 2 heterocycles. The Morgan fingerprint density at radius 3 is 2.70 bits per heavy atom. The van der Waals surface area contributed by atoms with E-state index in [-0.39, 0.29) is 18.2 Å². The first-order valence-electron chi connectivity index (χ1n) is 7.78. The first-order valence-corrected chi connectivity index (χ1v) is 10.3. The number of amides is 1. The molecule has 0 atom stereocenters. The maximum absolute atomic E-state index is 12.2. The zero-order chi connectivity index (χ0) is 19.4. The molecule has 0 saturated carbocycles. The molecule has 1 amide bonds. The number of nitrogens with zero attached hydrogens (tertiary/aromatic N) is 2. The van der Waals surface area contributed by atoms with Gasteiger partial charge in [0, 0.05) is 19.0 Å². The molecular weight excluding hydrogens is 427 g/mol. The predicted octanol–water partition coefficient (Wildman–Crippen LogP) is 4.99. The molecule has 0 aliphatic rings. The topological polar surface area (TPSA) is 59.5 Å². The number of thiophene rings is 1. The summed E-state index contributed by atoms with van der Waals surface area (Å²) in [5.74, 6) is -0.950. The van der Waals surface area contributed by atoms with E-state index in [0.29, 0.717) is 16.6 Å². The minimum absolute atomic E-state index is 0.198. The number of rotatable bonds is 6. The molecule has 5 nitrogen and oxygen atoms in total. The van der Waals surface area contributed by atoms with Crippen molar-refractivity contribution in [1.82, 2.24) is 9.88 Å². The molecule has 1 aromatic carbocycles. The third-order valence-corrected chi connectivity index (χ3v) is 6.22. The van der Waals surface area contributed by atoms with Crippen LogP contribution < -0.4 is 0 Å². The third-order valence-electron chi connectivity index (χ3n) is 3.60. The molecule has 3 aromatic rings. The fourth-order valence-corrected chi connectivity index (χ4v) is 4.12. The molecule has 0 radical (unpaired) electrons. The van der Waals surface area contributed by atoms with Crippen molar-refractivity contribution in [2.45, 2.75) is 6.54 Å². The Balaban J connectivity index is 1.53. The summed E-state index contributed by atoms with van der Waals surface area (Å²) in [6.07, 6.45) is 0. The van der Waals surface area contributed by atoms with Gasteiger partial charge < -0.3 is 9.64 Å². The number of thiazole rings is 1. The van der Waals surface area contributed by atoms with Gasteiger partial charge in [-0.05, 0) is 29.1 Å². The van der Waals surface area contributed by atoms with Crippen molar-refractivity contribution < 1.29 is 14.3 Å². The van der Waals surface area contributed by atoms with Crippen molar-refractivity contribution in [3.8, 4) is 9.88 Å². The average molecular weight is 441 g/mol. The van der Waals surface area contributed by atoms with Gasteiger partial charge in [-0.2, -0.15) is 0 Å². The van der Waals surface area contributed by atoms with E-state index in [1.165, 1.54) is 16.2 Å². The van der Waals surface area contributed by atoms with Gasteiger partial charge in [-0.25, -0.2) is 9.78 Å². The lowest BCUT2D eigenvalue weighted by atomic mass is 10.2. The van der Waals surface area contributed by atoms with Crippen molar-refractivity contribution in [2.75, 3.05) is 13.7 Å². The molecule has 0 spiro atoms. The Morgan fingerprint density at radius 1 is 1.19 bits per heavy atom. The van der Waals surface area contributed by atoms with E-state index in [1.54, 1.807) is 42.0 Å². The lowest BCUT2D eigenvalue weighted by molar-refractivity contribution is -0.133. The minimum atomic E-state index is -0.620. The van der Waals surface area contributed by atoms with Crippen LogP contribution in [0.5, 0.6) is 0 Å². The molecule has 2 aromatic heterocycles. The highest BCUT2D eigenvalue weighted by molar-refractivity contribution is 7.20. The summed E-state index contributed by atoms with van der Waals surface area (Å²) >= 11 is 14.8. The van der Waals surface area contributed by atoms with Gasteiger partial charge in [0.15, 0.2) is 12.3 Å². The highest BCUT2D eigenvalue weighted by Crippen LogP contribution is 2.28. The van der Waals surface area contributed by atoms with E-state index in [0.717, 1.165) is 15.4 Å². The van der Waals surface area contributed by atoms with Crippen LogP contribution in [0, 0.1) is 0 Å². The fourth-order valence-electron chi connectivity index (χ4n) is 2.19. The standard InChI is InChI=1S/C18H14Cl2N2O3S2/c1-22(8-11-4-5-12(19)13(20)7-11)16(23)9-25-18(24)14-10-27-17(21-14)15-3-2-6-26-15/h2-7,10H,8-9H2,1H3. The van der Waals surface area contributed by atoms with Gasteiger partial charge in [-0.3, -0.25) is 4.79 Å². The second kappa shape index (κ2) is 8.84. The molecule has 0 aliphatic heterocycles. The van der Waals surface area contributed by atoms with Crippen LogP contribution in [0.1, 0.15) is 16.1 Å². The minimum Gasteiger partial charge on any atom is -0.451 e. The van der Waals surface area contributed by atoms with Crippen molar-refractivity contribution in [1.29, 1.82) is 0 Å². The van der Waals surface area contributed by atoms with Gasteiger partial charge in [0.05, 0.1) is 14.9 Å². The Bertz CT molecular complexity index is 957. The Hall–Kier alpha value is -1.93. The molecule has 140 valence electrons. The number of hydrogen-bond donors (Lipinski definition) is 0. The van der Waals surface area contributed by atoms with Crippen LogP contribution in [0.3, 0.4) is 0 Å². The van der Waals surface area contributed by atoms with Crippen LogP contribution in [0.4, 0.5) is 0 Å². The zero-order valence-electron chi connectivity index (χ0n) is 14.1. The van der Waals surface area contributed by atoms with Crippen LogP contribution in [0.2, 0.25) is 10.0 Å². The highest BCUT2D eigenvalue weighted by atomic mass is 35.5. The molecule has 0 aliphatic carbocycles. The summed E-state index contributed by atoms with van der Waals surface area (Å²) in [6, 6.07) is 9.00. The quantitative estimate of drug-likeness (QED) is 0.506. The molecule has 0 fully saturated rings. The van der Waals surface area contributed by atoms with Gasteiger partial charge in [0.1, 0.15) is 5.01 Å². The second-order valence-electron chi connectivity index (χ2n) is 5.59. The molecule has 0 bridgehead atoms. The maximum Gasteiger partial charge on any atom is 0.358 e. The lowest BCUT2D eigenvalue weighted by Crippen LogP contribution is -2.30. The first-order chi connectivity index (χ1) is 12.9. The van der Waals surface area contributed by atoms with Crippen LogP contribution >= 0.6 is 45.9 Å². The second-order valence-corrected chi connectivity index (χ2v) is 8.21. The number of ether oxygens (including phenoxy) is 1. The molecule has 27 heavy (non-hydrogen) atoms. The maximum atomic E-state index is 12.2. The number of carbonyl (C=O) groups is 2. The van der Waals surface area contributed by atoms with Gasteiger partial charge in [0.2, 0.25) is 0 Å². The van der Waals surface area contributed by atoms with Crippen LogP contribution in [0.25, 0.3) is 9.88 Å². The number of aromatic nitrogens is 1. The van der Waals surface area contributed by atoms with Crippen molar-refractivity contribution in [3.05, 3.63) is 62.4 Å². The summed E-state index contributed by atoms with van der Waals surface area (Å²) < 4.78 is 5.09. The molecular formula is C18H14Cl2N2O3S2. The molecule has 0 saturated heterocycles. The monoisotopic (exact) mass is 440 g/mol. The van der Waals surface area contributed by atoms with E-state index in [9.17, 15) is 9.59 Å². The molecule has 0 unspecified atom stereocenters. The van der Waals surface area contributed by atoms with Gasteiger partial charge in [-0.15, -0.1) is 22.7 Å². The van der Waals surface area contributed by atoms with E-state index in [4.69, 9.17) is 27.9 Å². The van der Waals surface area contributed by atoms with E-state index in [2.05, 4.69) is 4.98 Å². The smallest absolute Gasteiger partial charge is 0.358 e. The summed E-state index contributed by atoms with van der Waals surface area (Å²) in [7, 11) is 1.62. The van der Waals surface area contributed by atoms with Crippen LogP contribution in [0.15, 0.2) is 41.1 Å². The number of likely N-dealkylation sites (N-methyl/N-ethyl adjacent to an activating group) is 1. The predicted molar refractivity (Wildman–Crippen MR) is 109 cm³/mol. The SMILES string of the molecule is CN(Cc1ccc(Cl)c(Cl)c1)C(=O)COC(=O)c1csc(-c2cccs2)n1. The van der Waals surface area contributed by atoms with Crippen molar-refractivity contribution >= 4 is 57.8 Å². The third kappa shape index (κ3) is 5.07. The Morgan fingerprint density at radius 2 is 2.00 bits per heavy atom. The number of esters is 1. The average Bonchev–Trinajstić information content (AvgIpc) is 3.33. The lowest BCUT2D eigenvalue weighted by Gasteiger charge is -2.17. The number of halogens is 2. The van der Waals surface area contributed by atoms with E-state index < -0.39 is 5.97 Å². The first kappa shape index (κ1) is 19.8. The molecule has 3 rings (SSSR count). The Kier molecular flexibility index (Phi) is 6.49. The van der Waals surface area contributed by atoms with E-state index in [1.807, 2.05) is 17.5 Å². The van der Waals surface area contributed by atoms with Crippen molar-refractivity contribution in [3.63, 3.8) is 0 Å². The number of carbonyl (C=O) groups excluding carboxylic acids is 2. The van der Waals surface area contributed by atoms with Gasteiger partial charge in [-0.1, -0.05) is 35.3 Å². The van der Waals surface area contributed by atoms with Gasteiger partial charge in [0.25, 0.3) is 5.91 Å². The fraction of sp³-hybridized carbons (Fsp3) is 0.167. The van der Waals surface area contributed by atoms with E-state index >= 15 is 0 Å². The number of hydrogen-bond acceptors (Lipinski definition) is 6. The zero-order valence-corrected chi connectivity index (χ0v) is 17.3. The Labute approximate surface area is 174 Å². The highest BCUT2D eigenvalue weighted by Gasteiger charge is 2.17. The summed E-state index contributed by atoms with van der Waals surface area (Å²) in [5, 5.41) is 5.19. The summed E-state index contributed by atoms with van der Waals surface area (Å²) in [6.45, 7) is -0.0327. The van der Waals surface area contributed by atoms with Gasteiger partial charge >= 0.3 is 5.97 Å². The number of benzene rings is 1. The van der Waals surface area contributed by atoms with Crippen LogP contribution in [-0.4, -0.2) is 35.4 Å². The normalized spacial score (nSPS) is 10.6. The summed E-state index contributed by atoms with van der Waals surface area (Å²) in [4.78, 5) is 31.0. The largest absolute Gasteiger partial charge is 0.451 e. The van der Waals surface area contributed by atoms with Crippen molar-refractivity contribution in [2.24, 2.45) is 0 Å². The molecule has 0 N–H and O–H groups in total.